The molecule has 150 valence electrons. The maximum atomic E-state index is 11.8. The van der Waals surface area contributed by atoms with Crippen LogP contribution < -0.4 is 10.2 Å². The van der Waals surface area contributed by atoms with Gasteiger partial charge in [-0.15, -0.1) is 0 Å². The van der Waals surface area contributed by atoms with Gasteiger partial charge in [0.15, 0.2) is 0 Å². The maximum absolute atomic E-state index is 11.8. The molecular formula is C19H31N5O3. The first-order valence-corrected chi connectivity index (χ1v) is 9.57. The summed E-state index contributed by atoms with van der Waals surface area (Å²) in [6, 6.07) is 0. The summed E-state index contributed by atoms with van der Waals surface area (Å²) in [7, 11) is 2.14. The molecule has 0 aromatic carbocycles. The van der Waals surface area contributed by atoms with Crippen LogP contribution in [0.25, 0.3) is 0 Å². The summed E-state index contributed by atoms with van der Waals surface area (Å²) < 4.78 is 5.44. The maximum Gasteiger partial charge on any atom is 0.313 e. The Kier molecular flexibility index (Phi) is 5.58. The van der Waals surface area contributed by atoms with Crippen LogP contribution in [0.4, 0.5) is 11.8 Å². The van der Waals surface area contributed by atoms with Crippen molar-refractivity contribution < 1.29 is 14.6 Å². The van der Waals surface area contributed by atoms with Crippen molar-refractivity contribution in [3.8, 4) is 0 Å². The van der Waals surface area contributed by atoms with Crippen molar-refractivity contribution in [3.05, 3.63) is 11.8 Å². The highest BCUT2D eigenvalue weighted by Gasteiger charge is 2.36. The Morgan fingerprint density at radius 3 is 2.67 bits per heavy atom. The monoisotopic (exact) mass is 377 g/mol. The number of hydrogen-bond donors (Lipinski definition) is 2. The van der Waals surface area contributed by atoms with E-state index in [1.54, 1.807) is 20.0 Å². The molecule has 0 spiro atoms. The van der Waals surface area contributed by atoms with Crippen molar-refractivity contribution in [2.24, 2.45) is 5.41 Å². The molecule has 2 aliphatic rings. The van der Waals surface area contributed by atoms with Crippen molar-refractivity contribution in [1.82, 2.24) is 14.9 Å². The first kappa shape index (κ1) is 19.8. The summed E-state index contributed by atoms with van der Waals surface area (Å²) in [5, 5.41) is 13.1. The molecule has 8 nitrogen and oxygen atoms in total. The first-order chi connectivity index (χ1) is 12.7. The van der Waals surface area contributed by atoms with E-state index in [-0.39, 0.29) is 5.41 Å². The third-order valence-electron chi connectivity index (χ3n) is 5.71. The van der Waals surface area contributed by atoms with E-state index in [1.165, 1.54) is 0 Å². The molecule has 0 radical (unpaired) electrons. The largest absolute Gasteiger partial charge is 0.481 e. The number of aromatic nitrogens is 2. The van der Waals surface area contributed by atoms with Crippen LogP contribution >= 0.6 is 0 Å². The number of morpholine rings is 1. The molecule has 2 aliphatic heterocycles. The van der Waals surface area contributed by atoms with Crippen LogP contribution in [0.5, 0.6) is 0 Å². The van der Waals surface area contributed by atoms with E-state index in [1.807, 2.05) is 0 Å². The average molecular weight is 377 g/mol. The number of likely N-dealkylation sites (tertiary alicyclic amines) is 1. The van der Waals surface area contributed by atoms with Gasteiger partial charge in [-0.3, -0.25) is 4.79 Å². The molecule has 1 atom stereocenters. The number of carboxylic acid groups (broad SMARTS) is 1. The van der Waals surface area contributed by atoms with Crippen LogP contribution in [0.15, 0.2) is 6.20 Å². The summed E-state index contributed by atoms with van der Waals surface area (Å²) >= 11 is 0. The molecule has 0 unspecified atom stereocenters. The van der Waals surface area contributed by atoms with Gasteiger partial charge in [0.05, 0.1) is 18.6 Å². The van der Waals surface area contributed by atoms with Crippen molar-refractivity contribution >= 4 is 17.7 Å². The second-order valence-corrected chi connectivity index (χ2v) is 8.61. The fourth-order valence-electron chi connectivity index (χ4n) is 3.74. The number of rotatable bonds is 6. The molecular weight excluding hydrogens is 346 g/mol. The molecule has 0 bridgehead atoms. The van der Waals surface area contributed by atoms with Crippen molar-refractivity contribution in [3.63, 3.8) is 0 Å². The van der Waals surface area contributed by atoms with Crippen LogP contribution in [-0.4, -0.2) is 78.9 Å². The molecule has 3 rings (SSSR count). The van der Waals surface area contributed by atoms with Crippen LogP contribution in [0.2, 0.25) is 0 Å². The van der Waals surface area contributed by atoms with Crippen LogP contribution in [0, 0.1) is 5.41 Å². The number of carboxylic acids is 1. The Morgan fingerprint density at radius 2 is 2.07 bits per heavy atom. The summed E-state index contributed by atoms with van der Waals surface area (Å²) in [5.74, 6) is 0.358. The Hall–Kier alpha value is -1.93. The van der Waals surface area contributed by atoms with Gasteiger partial charge in [-0.05, 0) is 39.3 Å². The number of aliphatic carboxylic acids is 1. The third kappa shape index (κ3) is 4.32. The molecule has 0 aliphatic carbocycles. The number of carbonyl (C=O) groups is 1. The van der Waals surface area contributed by atoms with E-state index < -0.39 is 11.4 Å². The molecule has 3 heterocycles. The van der Waals surface area contributed by atoms with Crippen molar-refractivity contribution in [1.29, 1.82) is 0 Å². The van der Waals surface area contributed by atoms with Crippen LogP contribution in [0.1, 0.15) is 32.8 Å². The summed E-state index contributed by atoms with van der Waals surface area (Å²) in [6.45, 7) is 11.2. The lowest BCUT2D eigenvalue weighted by molar-refractivity contribution is -0.142. The lowest BCUT2D eigenvalue weighted by atomic mass is 9.85. The molecule has 2 saturated heterocycles. The summed E-state index contributed by atoms with van der Waals surface area (Å²) in [4.78, 5) is 25.4. The normalized spacial score (nSPS) is 24.2. The topological polar surface area (TPSA) is 90.8 Å². The smallest absolute Gasteiger partial charge is 0.313 e. The highest BCUT2D eigenvalue weighted by atomic mass is 16.5. The SMILES string of the molecule is CN1CC[C@@](C)(CNc2ncc(C(C)(C)C(=O)O)c(N3CCOCC3)n2)C1. The predicted molar refractivity (Wildman–Crippen MR) is 104 cm³/mol. The molecule has 27 heavy (non-hydrogen) atoms. The second kappa shape index (κ2) is 7.59. The summed E-state index contributed by atoms with van der Waals surface area (Å²) in [6.07, 6.45) is 2.80. The standard InChI is InChI=1S/C19H31N5O3/c1-18(2,16(25)26)14-11-20-17(21-12-19(3)5-6-23(4)13-19)22-15(14)24-7-9-27-10-8-24/h11H,5-10,12-13H2,1-4H3,(H,25,26)(H,20,21,22)/t19-/m0/s1. The third-order valence-corrected chi connectivity index (χ3v) is 5.71. The molecule has 2 N–H and O–H groups in total. The fraction of sp³-hybridized carbons (Fsp3) is 0.737. The number of nitrogens with zero attached hydrogens (tertiary/aromatic N) is 4. The minimum atomic E-state index is -1.06. The van der Waals surface area contributed by atoms with E-state index >= 15 is 0 Å². The Bertz CT molecular complexity index is 690. The Morgan fingerprint density at radius 1 is 1.37 bits per heavy atom. The van der Waals surface area contributed by atoms with E-state index in [4.69, 9.17) is 9.72 Å². The van der Waals surface area contributed by atoms with Gasteiger partial charge in [0.2, 0.25) is 5.95 Å². The van der Waals surface area contributed by atoms with Crippen molar-refractivity contribution in [2.45, 2.75) is 32.6 Å². The number of hydrogen-bond acceptors (Lipinski definition) is 7. The lowest BCUT2D eigenvalue weighted by Crippen LogP contribution is -2.40. The van der Waals surface area contributed by atoms with Gasteiger partial charge in [-0.1, -0.05) is 6.92 Å². The Balaban J connectivity index is 1.85. The van der Waals surface area contributed by atoms with Gasteiger partial charge in [0.1, 0.15) is 5.82 Å². The molecule has 8 heteroatoms. The van der Waals surface area contributed by atoms with E-state index in [9.17, 15) is 9.90 Å². The lowest BCUT2D eigenvalue weighted by Gasteiger charge is -2.32. The zero-order valence-corrected chi connectivity index (χ0v) is 16.8. The van der Waals surface area contributed by atoms with Gasteiger partial charge in [-0.2, -0.15) is 4.98 Å². The van der Waals surface area contributed by atoms with Crippen molar-refractivity contribution in [2.75, 3.05) is 63.2 Å². The average Bonchev–Trinajstić information content (AvgIpc) is 2.99. The number of anilines is 2. The van der Waals surface area contributed by atoms with Gasteiger partial charge in [0, 0.05) is 37.9 Å². The number of ether oxygens (including phenoxy) is 1. The van der Waals surface area contributed by atoms with Gasteiger partial charge in [0.25, 0.3) is 0 Å². The quantitative estimate of drug-likeness (QED) is 0.769. The minimum Gasteiger partial charge on any atom is -0.481 e. The summed E-state index contributed by atoms with van der Waals surface area (Å²) in [5.41, 5.74) is -0.239. The predicted octanol–water partition coefficient (Wildman–Crippen LogP) is 1.43. The van der Waals surface area contributed by atoms with E-state index in [2.05, 4.69) is 34.1 Å². The van der Waals surface area contributed by atoms with E-state index in [0.717, 1.165) is 26.1 Å². The van der Waals surface area contributed by atoms with Gasteiger partial charge in [-0.25, -0.2) is 4.98 Å². The minimum absolute atomic E-state index is 0.191. The molecule has 0 saturated carbocycles. The van der Waals surface area contributed by atoms with Gasteiger partial charge >= 0.3 is 5.97 Å². The van der Waals surface area contributed by atoms with E-state index in [0.29, 0.717) is 43.6 Å². The second-order valence-electron chi connectivity index (χ2n) is 8.61. The highest BCUT2D eigenvalue weighted by molar-refractivity contribution is 5.82. The van der Waals surface area contributed by atoms with Crippen LogP contribution in [0.3, 0.4) is 0 Å². The zero-order chi connectivity index (χ0) is 19.7. The highest BCUT2D eigenvalue weighted by Crippen LogP contribution is 2.33. The molecule has 0 amide bonds. The van der Waals surface area contributed by atoms with Gasteiger partial charge < -0.3 is 25.0 Å². The molecule has 1 aromatic heterocycles. The van der Waals surface area contributed by atoms with Crippen LogP contribution in [-0.2, 0) is 14.9 Å². The zero-order valence-electron chi connectivity index (χ0n) is 16.8. The first-order valence-electron chi connectivity index (χ1n) is 9.57. The molecule has 2 fully saturated rings. The molecule has 1 aromatic rings. The number of nitrogens with one attached hydrogen (secondary N) is 1. The Labute approximate surface area is 160 Å². The fourth-order valence-corrected chi connectivity index (χ4v) is 3.74.